The van der Waals surface area contributed by atoms with Crippen LogP contribution in [0.2, 0.25) is 0 Å². The number of methoxy groups -OCH3 is 3. The Morgan fingerprint density at radius 2 is 1.46 bits per heavy atom. The number of aromatic amines is 1. The third kappa shape index (κ3) is 3.02. The third-order valence-electron chi connectivity index (χ3n) is 3.86. The quantitative estimate of drug-likeness (QED) is 0.533. The van der Waals surface area contributed by atoms with E-state index in [0.29, 0.717) is 39.8 Å². The van der Waals surface area contributed by atoms with Crippen molar-refractivity contribution in [3.05, 3.63) is 46.5 Å². The van der Waals surface area contributed by atoms with E-state index in [0.717, 1.165) is 0 Å². The zero-order chi connectivity index (χ0) is 18.7. The number of hydrogen-bond donors (Lipinski definition) is 1. The highest BCUT2D eigenvalue weighted by Crippen LogP contribution is 2.41. The van der Waals surface area contributed by atoms with Crippen LogP contribution in [0.1, 0.15) is 0 Å². The fourth-order valence-corrected chi connectivity index (χ4v) is 2.58. The Kier molecular flexibility index (Phi) is 4.70. The van der Waals surface area contributed by atoms with Gasteiger partial charge in [-0.15, -0.1) is 0 Å². The maximum atomic E-state index is 10.8. The number of non-ortho nitro benzene ring substituents is 1. The SMILES string of the molecule is COc1cc(OC)c(-c2n[nH]nc2-c2ccc([N+](=O)[O-])cc2)cc1OC. The molecule has 0 aliphatic carbocycles. The van der Waals surface area contributed by atoms with Crippen LogP contribution in [0.5, 0.6) is 17.2 Å². The molecule has 0 saturated carbocycles. The van der Waals surface area contributed by atoms with E-state index >= 15 is 0 Å². The van der Waals surface area contributed by atoms with Crippen molar-refractivity contribution in [1.29, 1.82) is 0 Å². The number of nitro groups is 1. The first-order valence-corrected chi connectivity index (χ1v) is 7.55. The topological polar surface area (TPSA) is 112 Å². The molecular formula is C17H16N4O5. The summed E-state index contributed by atoms with van der Waals surface area (Å²) in [5.74, 6) is 1.56. The van der Waals surface area contributed by atoms with Gasteiger partial charge in [0, 0.05) is 23.8 Å². The number of nitro benzene ring substituents is 1. The minimum absolute atomic E-state index is 0.00231. The standard InChI is InChI=1S/C17H16N4O5/c1-24-13-9-15(26-3)14(25-2)8-12(13)17-16(18-20-19-17)10-4-6-11(7-5-10)21(22)23/h4-9H,1-3H3,(H,18,19,20). The smallest absolute Gasteiger partial charge is 0.269 e. The van der Waals surface area contributed by atoms with E-state index in [4.69, 9.17) is 14.2 Å². The Morgan fingerprint density at radius 3 is 2.04 bits per heavy atom. The van der Waals surface area contributed by atoms with Gasteiger partial charge in [-0.25, -0.2) is 0 Å². The van der Waals surface area contributed by atoms with Crippen LogP contribution in [0.25, 0.3) is 22.5 Å². The van der Waals surface area contributed by atoms with Crippen LogP contribution in [-0.2, 0) is 0 Å². The molecule has 0 bridgehead atoms. The first-order chi connectivity index (χ1) is 12.6. The molecule has 0 saturated heterocycles. The second-order valence-electron chi connectivity index (χ2n) is 5.23. The number of hydrogen-bond acceptors (Lipinski definition) is 7. The van der Waals surface area contributed by atoms with Gasteiger partial charge in [0.1, 0.15) is 17.1 Å². The largest absolute Gasteiger partial charge is 0.496 e. The number of aromatic nitrogens is 3. The number of rotatable bonds is 6. The van der Waals surface area contributed by atoms with E-state index in [1.165, 1.54) is 33.5 Å². The van der Waals surface area contributed by atoms with E-state index < -0.39 is 4.92 Å². The molecule has 3 rings (SSSR count). The molecule has 0 amide bonds. The Hall–Kier alpha value is -3.62. The minimum Gasteiger partial charge on any atom is -0.496 e. The lowest BCUT2D eigenvalue weighted by atomic mass is 10.0. The van der Waals surface area contributed by atoms with Crippen LogP contribution in [0.4, 0.5) is 5.69 Å². The van der Waals surface area contributed by atoms with Crippen LogP contribution in [0, 0.1) is 10.1 Å². The summed E-state index contributed by atoms with van der Waals surface area (Å²) in [6.07, 6.45) is 0. The molecule has 0 atom stereocenters. The highest BCUT2D eigenvalue weighted by Gasteiger charge is 2.20. The van der Waals surface area contributed by atoms with Gasteiger partial charge in [0.2, 0.25) is 0 Å². The van der Waals surface area contributed by atoms with Crippen LogP contribution in [0.3, 0.4) is 0 Å². The fraction of sp³-hybridized carbons (Fsp3) is 0.176. The number of nitrogens with one attached hydrogen (secondary N) is 1. The lowest BCUT2D eigenvalue weighted by Gasteiger charge is -2.13. The Morgan fingerprint density at radius 1 is 0.885 bits per heavy atom. The molecule has 0 aliphatic heterocycles. The molecule has 0 fully saturated rings. The van der Waals surface area contributed by atoms with Gasteiger partial charge < -0.3 is 14.2 Å². The lowest BCUT2D eigenvalue weighted by molar-refractivity contribution is -0.384. The van der Waals surface area contributed by atoms with Gasteiger partial charge in [-0.1, -0.05) is 0 Å². The normalized spacial score (nSPS) is 10.4. The van der Waals surface area contributed by atoms with Gasteiger partial charge in [0.15, 0.2) is 11.5 Å². The van der Waals surface area contributed by atoms with Crippen LogP contribution >= 0.6 is 0 Å². The Labute approximate surface area is 148 Å². The summed E-state index contributed by atoms with van der Waals surface area (Å²) in [5, 5.41) is 21.8. The summed E-state index contributed by atoms with van der Waals surface area (Å²) < 4.78 is 16.1. The predicted molar refractivity (Wildman–Crippen MR) is 93.6 cm³/mol. The number of H-pyrrole nitrogens is 1. The molecule has 134 valence electrons. The molecule has 1 N–H and O–H groups in total. The van der Waals surface area contributed by atoms with E-state index in [9.17, 15) is 10.1 Å². The van der Waals surface area contributed by atoms with Crippen molar-refractivity contribution in [2.24, 2.45) is 0 Å². The van der Waals surface area contributed by atoms with Crippen molar-refractivity contribution in [2.75, 3.05) is 21.3 Å². The van der Waals surface area contributed by atoms with Crippen molar-refractivity contribution >= 4 is 5.69 Å². The molecule has 3 aromatic rings. The van der Waals surface area contributed by atoms with Crippen LogP contribution < -0.4 is 14.2 Å². The minimum atomic E-state index is -0.454. The molecular weight excluding hydrogens is 340 g/mol. The molecule has 2 aromatic carbocycles. The average molecular weight is 356 g/mol. The average Bonchev–Trinajstić information content (AvgIpc) is 3.16. The summed E-state index contributed by atoms with van der Waals surface area (Å²) in [6, 6.07) is 9.51. The van der Waals surface area contributed by atoms with Gasteiger partial charge in [-0.2, -0.15) is 15.4 Å². The van der Waals surface area contributed by atoms with E-state index in [1.807, 2.05) is 0 Å². The summed E-state index contributed by atoms with van der Waals surface area (Å²) in [7, 11) is 4.61. The van der Waals surface area contributed by atoms with Crippen molar-refractivity contribution in [1.82, 2.24) is 15.4 Å². The molecule has 0 radical (unpaired) electrons. The Balaban J connectivity index is 2.12. The molecule has 0 unspecified atom stereocenters. The second kappa shape index (κ2) is 7.09. The zero-order valence-corrected chi connectivity index (χ0v) is 14.3. The van der Waals surface area contributed by atoms with Crippen LogP contribution in [0.15, 0.2) is 36.4 Å². The first-order valence-electron chi connectivity index (χ1n) is 7.55. The monoisotopic (exact) mass is 356 g/mol. The summed E-state index contributed by atoms with van der Waals surface area (Å²) in [6.45, 7) is 0. The molecule has 0 aliphatic rings. The first kappa shape index (κ1) is 17.2. The third-order valence-corrected chi connectivity index (χ3v) is 3.86. The molecule has 1 aromatic heterocycles. The van der Waals surface area contributed by atoms with E-state index in [1.54, 1.807) is 24.3 Å². The highest BCUT2D eigenvalue weighted by atomic mass is 16.6. The molecule has 26 heavy (non-hydrogen) atoms. The van der Waals surface area contributed by atoms with Gasteiger partial charge in [0.05, 0.1) is 31.8 Å². The van der Waals surface area contributed by atoms with Gasteiger partial charge in [-0.3, -0.25) is 10.1 Å². The summed E-state index contributed by atoms with van der Waals surface area (Å²) in [4.78, 5) is 10.4. The number of benzene rings is 2. The van der Waals surface area contributed by atoms with Crippen LogP contribution in [-0.4, -0.2) is 41.7 Å². The predicted octanol–water partition coefficient (Wildman–Crippen LogP) is 3.07. The van der Waals surface area contributed by atoms with Crippen molar-refractivity contribution in [2.45, 2.75) is 0 Å². The number of nitrogens with zero attached hydrogens (tertiary/aromatic N) is 3. The van der Waals surface area contributed by atoms with Crippen molar-refractivity contribution < 1.29 is 19.1 Å². The maximum Gasteiger partial charge on any atom is 0.269 e. The maximum absolute atomic E-state index is 10.8. The molecule has 0 spiro atoms. The molecule has 9 nitrogen and oxygen atoms in total. The van der Waals surface area contributed by atoms with Gasteiger partial charge in [-0.05, 0) is 18.2 Å². The highest BCUT2D eigenvalue weighted by molar-refractivity contribution is 5.82. The van der Waals surface area contributed by atoms with Crippen molar-refractivity contribution in [3.8, 4) is 39.8 Å². The van der Waals surface area contributed by atoms with Gasteiger partial charge in [0.25, 0.3) is 5.69 Å². The summed E-state index contributed by atoms with van der Waals surface area (Å²) in [5.41, 5.74) is 2.38. The zero-order valence-electron chi connectivity index (χ0n) is 14.3. The fourth-order valence-electron chi connectivity index (χ4n) is 2.58. The lowest BCUT2D eigenvalue weighted by Crippen LogP contribution is -1.96. The van der Waals surface area contributed by atoms with Crippen molar-refractivity contribution in [3.63, 3.8) is 0 Å². The van der Waals surface area contributed by atoms with Gasteiger partial charge >= 0.3 is 0 Å². The molecule has 9 heteroatoms. The van der Waals surface area contributed by atoms with E-state index in [2.05, 4.69) is 15.4 Å². The number of ether oxygens (including phenoxy) is 3. The Bertz CT molecular complexity index is 937. The second-order valence-corrected chi connectivity index (χ2v) is 5.23. The van der Waals surface area contributed by atoms with E-state index in [-0.39, 0.29) is 5.69 Å². The summed E-state index contributed by atoms with van der Waals surface area (Å²) >= 11 is 0. The molecule has 1 heterocycles.